The van der Waals surface area contributed by atoms with E-state index in [1.807, 2.05) is 12.1 Å². The number of amides is 1. The number of hydrogen-bond acceptors (Lipinski definition) is 7. The third kappa shape index (κ3) is 5.91. The monoisotopic (exact) mass is 453 g/mol. The lowest BCUT2D eigenvalue weighted by Crippen LogP contribution is -2.35. The van der Waals surface area contributed by atoms with Crippen molar-refractivity contribution in [2.75, 3.05) is 30.3 Å². The maximum Gasteiger partial charge on any atom is 0.307 e. The second-order valence-electron chi connectivity index (χ2n) is 8.44. The smallest absolute Gasteiger partial charge is 0.307 e. The van der Waals surface area contributed by atoms with Gasteiger partial charge in [0.05, 0.1) is 25.3 Å². The molecule has 3 N–H and O–H groups in total. The van der Waals surface area contributed by atoms with E-state index in [2.05, 4.69) is 27.0 Å². The van der Waals surface area contributed by atoms with E-state index >= 15 is 0 Å². The second kappa shape index (κ2) is 10.5. The molecule has 2 aromatic heterocycles. The molecule has 1 fully saturated rings. The summed E-state index contributed by atoms with van der Waals surface area (Å²) in [6.45, 7) is 3.49. The molecule has 176 valence electrons. The fourth-order valence-corrected chi connectivity index (χ4v) is 4.02. The highest BCUT2D eigenvalue weighted by molar-refractivity contribution is 5.77. The van der Waals surface area contributed by atoms with Gasteiger partial charge in [-0.05, 0) is 62.3 Å². The average molecular weight is 454 g/mol. The second-order valence-corrected chi connectivity index (χ2v) is 8.44. The number of anilines is 2. The van der Waals surface area contributed by atoms with Gasteiger partial charge < -0.3 is 25.3 Å². The van der Waals surface area contributed by atoms with Crippen LogP contribution in [0.25, 0.3) is 0 Å². The maximum atomic E-state index is 13.2. The first kappa shape index (κ1) is 22.8. The quantitative estimate of drug-likeness (QED) is 0.472. The van der Waals surface area contributed by atoms with Crippen LogP contribution in [0.2, 0.25) is 0 Å². The van der Waals surface area contributed by atoms with Crippen LogP contribution in [0, 0.1) is 0 Å². The van der Waals surface area contributed by atoms with Crippen molar-refractivity contribution < 1.29 is 14.3 Å². The number of rotatable bonds is 10. The highest BCUT2D eigenvalue weighted by Gasteiger charge is 2.28. The Balaban J connectivity index is 1.42. The van der Waals surface area contributed by atoms with Crippen molar-refractivity contribution in [2.45, 2.75) is 58.0 Å². The first-order valence-electron chi connectivity index (χ1n) is 11.7. The molecule has 0 unspecified atom stereocenters. The maximum absolute atomic E-state index is 13.2. The van der Waals surface area contributed by atoms with Gasteiger partial charge in [-0.25, -0.2) is 4.98 Å². The van der Waals surface area contributed by atoms with Gasteiger partial charge in [0, 0.05) is 18.8 Å². The number of nitrogens with zero attached hydrogens (tertiary/aromatic N) is 2. The fourth-order valence-electron chi connectivity index (χ4n) is 4.02. The number of ether oxygens (including phenoxy) is 1. The van der Waals surface area contributed by atoms with Crippen LogP contribution >= 0.6 is 0 Å². The minimum atomic E-state index is -0.356. The van der Waals surface area contributed by atoms with Crippen molar-refractivity contribution in [3.05, 3.63) is 51.6 Å². The summed E-state index contributed by atoms with van der Waals surface area (Å²) in [5, 5.41) is 9.22. The van der Waals surface area contributed by atoms with Crippen LogP contribution in [-0.2, 0) is 33.8 Å². The van der Waals surface area contributed by atoms with E-state index in [0.717, 1.165) is 49.4 Å². The largest absolute Gasteiger partial charge is 0.466 e. The number of fused-ring (bicyclic) bond motifs is 1. The number of aryl methyl sites for hydroxylation is 1. The van der Waals surface area contributed by atoms with Gasteiger partial charge >= 0.3 is 5.97 Å². The van der Waals surface area contributed by atoms with Crippen molar-refractivity contribution in [3.8, 4) is 0 Å². The third-order valence-corrected chi connectivity index (χ3v) is 5.87. The number of pyridine rings is 2. The van der Waals surface area contributed by atoms with Crippen LogP contribution in [0.15, 0.2) is 29.1 Å². The number of esters is 1. The molecule has 0 saturated heterocycles. The molecule has 9 heteroatoms. The number of nitrogens with one attached hydrogen (secondary N) is 3. The van der Waals surface area contributed by atoms with Crippen LogP contribution < -0.4 is 21.5 Å². The van der Waals surface area contributed by atoms with Crippen LogP contribution in [0.5, 0.6) is 0 Å². The molecular weight excluding hydrogens is 422 g/mol. The van der Waals surface area contributed by atoms with E-state index in [0.29, 0.717) is 24.8 Å². The molecule has 4 rings (SSSR count). The standard InChI is InChI=1S/C24H31N5O4/c1-2-33-22(31)11-13-25-21(30)15-29-20(16-5-6-16)10-9-19(24(29)32)27-14-18-8-7-17-4-3-12-26-23(17)28-18/h7-10,16,27H,2-6,11-15H2,1H3,(H,25,30)(H,26,28). The predicted molar refractivity (Wildman–Crippen MR) is 125 cm³/mol. The predicted octanol–water partition coefficient (Wildman–Crippen LogP) is 2.16. The van der Waals surface area contributed by atoms with Gasteiger partial charge in [-0.15, -0.1) is 0 Å². The van der Waals surface area contributed by atoms with Crippen LogP contribution in [-0.4, -0.2) is 41.1 Å². The molecule has 1 aliphatic heterocycles. The van der Waals surface area contributed by atoms with E-state index in [1.165, 1.54) is 5.56 Å². The molecule has 0 spiro atoms. The molecule has 1 aliphatic carbocycles. The zero-order valence-electron chi connectivity index (χ0n) is 19.0. The normalized spacial score (nSPS) is 14.7. The zero-order valence-corrected chi connectivity index (χ0v) is 19.0. The Morgan fingerprint density at radius 3 is 2.88 bits per heavy atom. The third-order valence-electron chi connectivity index (χ3n) is 5.87. The van der Waals surface area contributed by atoms with Crippen molar-refractivity contribution in [1.82, 2.24) is 14.9 Å². The zero-order chi connectivity index (χ0) is 23.2. The van der Waals surface area contributed by atoms with Crippen LogP contribution in [0.4, 0.5) is 11.5 Å². The van der Waals surface area contributed by atoms with Crippen molar-refractivity contribution in [2.24, 2.45) is 0 Å². The summed E-state index contributed by atoms with van der Waals surface area (Å²) < 4.78 is 6.41. The first-order chi connectivity index (χ1) is 16.0. The Morgan fingerprint density at radius 1 is 1.24 bits per heavy atom. The number of hydrogen-bond donors (Lipinski definition) is 3. The molecule has 0 bridgehead atoms. The van der Waals surface area contributed by atoms with Gasteiger partial charge in [0.15, 0.2) is 0 Å². The summed E-state index contributed by atoms with van der Waals surface area (Å²) in [6.07, 6.45) is 4.27. The summed E-state index contributed by atoms with van der Waals surface area (Å²) in [5.74, 6) is 0.572. The molecule has 2 aliphatic rings. The van der Waals surface area contributed by atoms with E-state index in [-0.39, 0.29) is 36.9 Å². The first-order valence-corrected chi connectivity index (χ1v) is 11.7. The molecule has 0 radical (unpaired) electrons. The topological polar surface area (TPSA) is 114 Å². The molecule has 0 aromatic carbocycles. The molecular formula is C24H31N5O4. The Kier molecular flexibility index (Phi) is 7.26. The van der Waals surface area contributed by atoms with Gasteiger partial charge in [0.25, 0.3) is 5.56 Å². The molecule has 33 heavy (non-hydrogen) atoms. The summed E-state index contributed by atoms with van der Waals surface area (Å²) >= 11 is 0. The average Bonchev–Trinajstić information content (AvgIpc) is 3.65. The van der Waals surface area contributed by atoms with Crippen LogP contribution in [0.3, 0.4) is 0 Å². The van der Waals surface area contributed by atoms with E-state index in [4.69, 9.17) is 4.74 Å². The van der Waals surface area contributed by atoms with Gasteiger partial charge in [-0.3, -0.25) is 14.4 Å². The minimum absolute atomic E-state index is 0.0793. The molecule has 3 heterocycles. The van der Waals surface area contributed by atoms with Crippen molar-refractivity contribution >= 4 is 23.4 Å². The highest BCUT2D eigenvalue weighted by Crippen LogP contribution is 2.39. The molecule has 0 atom stereocenters. The van der Waals surface area contributed by atoms with E-state index < -0.39 is 0 Å². The van der Waals surface area contributed by atoms with Gasteiger partial charge in [0.2, 0.25) is 5.91 Å². The Morgan fingerprint density at radius 2 is 2.09 bits per heavy atom. The summed E-state index contributed by atoms with van der Waals surface area (Å²) in [5.41, 5.74) is 3.15. The molecule has 1 saturated carbocycles. The van der Waals surface area contributed by atoms with Gasteiger partial charge in [0.1, 0.15) is 18.1 Å². The molecule has 9 nitrogen and oxygen atoms in total. The SMILES string of the molecule is CCOC(=O)CCNC(=O)Cn1c(C2CC2)ccc(NCc2ccc3c(n2)NCCC3)c1=O. The Labute approximate surface area is 192 Å². The lowest BCUT2D eigenvalue weighted by molar-refractivity contribution is -0.143. The number of carbonyl (C=O) groups excluding carboxylic acids is 2. The van der Waals surface area contributed by atoms with Crippen molar-refractivity contribution in [1.29, 1.82) is 0 Å². The summed E-state index contributed by atoms with van der Waals surface area (Å²) in [4.78, 5) is 41.8. The number of aromatic nitrogens is 2. The fraction of sp³-hybridized carbons (Fsp3) is 0.500. The molecule has 1 amide bonds. The molecule has 2 aromatic rings. The highest BCUT2D eigenvalue weighted by atomic mass is 16.5. The number of carbonyl (C=O) groups is 2. The Hall–Kier alpha value is -3.36. The van der Waals surface area contributed by atoms with E-state index in [9.17, 15) is 14.4 Å². The minimum Gasteiger partial charge on any atom is -0.466 e. The summed E-state index contributed by atoms with van der Waals surface area (Å²) in [6, 6.07) is 7.78. The Bertz CT molecular complexity index is 1080. The van der Waals surface area contributed by atoms with Crippen LogP contribution in [0.1, 0.15) is 55.5 Å². The van der Waals surface area contributed by atoms with Gasteiger partial charge in [-0.2, -0.15) is 0 Å². The van der Waals surface area contributed by atoms with Gasteiger partial charge in [-0.1, -0.05) is 6.07 Å². The van der Waals surface area contributed by atoms with E-state index in [1.54, 1.807) is 17.6 Å². The lowest BCUT2D eigenvalue weighted by Gasteiger charge is -2.18. The lowest BCUT2D eigenvalue weighted by atomic mass is 10.1. The summed E-state index contributed by atoms with van der Waals surface area (Å²) in [7, 11) is 0. The van der Waals surface area contributed by atoms with Crippen molar-refractivity contribution in [3.63, 3.8) is 0 Å².